The first-order chi connectivity index (χ1) is 20.9. The Labute approximate surface area is 253 Å². The van der Waals surface area contributed by atoms with Crippen molar-refractivity contribution in [3.8, 4) is 0 Å². The lowest BCUT2D eigenvalue weighted by atomic mass is 10.1. The Kier molecular flexibility index (Phi) is 14.7. The summed E-state index contributed by atoms with van der Waals surface area (Å²) in [7, 11) is 0. The Hall–Kier alpha value is -5.43. The van der Waals surface area contributed by atoms with E-state index in [9.17, 15) is 41.9 Å². The summed E-state index contributed by atoms with van der Waals surface area (Å²) in [6.07, 6.45) is -5.38. The largest absolute Gasteiger partial charge is 0.490 e. The Balaban J connectivity index is 0.00000129. The molecule has 0 aliphatic carbocycles. The van der Waals surface area contributed by atoms with E-state index in [4.69, 9.17) is 26.5 Å². The molecule has 0 saturated heterocycles. The van der Waals surface area contributed by atoms with E-state index in [2.05, 4.69) is 31.6 Å². The van der Waals surface area contributed by atoms with Crippen LogP contribution in [-0.4, -0.2) is 95.0 Å². The van der Waals surface area contributed by atoms with Crippen LogP contribution in [0.5, 0.6) is 0 Å². The van der Waals surface area contributed by atoms with E-state index in [1.54, 1.807) is 12.1 Å². The summed E-state index contributed by atoms with van der Waals surface area (Å²) in [4.78, 5) is 87.2. The molecule has 2 bridgehead atoms. The maximum atomic E-state index is 12.8. The number of hydrogen-bond acceptors (Lipinski definition) is 8. The fourth-order valence-electron chi connectivity index (χ4n) is 3.47. The predicted molar refractivity (Wildman–Crippen MR) is 148 cm³/mol. The molecule has 1 aromatic carbocycles. The number of fused-ring (bicyclic) bond motifs is 2. The summed E-state index contributed by atoms with van der Waals surface area (Å²) in [6, 6.07) is 2.68. The molecular formula is C25H33F3N8O9. The molecule has 1 aromatic rings. The quantitative estimate of drug-likeness (QED) is 0.0898. The van der Waals surface area contributed by atoms with Crippen molar-refractivity contribution in [3.63, 3.8) is 0 Å². The summed E-state index contributed by atoms with van der Waals surface area (Å²) in [5, 5.41) is 28.5. The monoisotopic (exact) mass is 646 g/mol. The number of carboxylic acids is 2. The fraction of sp³-hybridized carbons (Fsp3) is 0.440. The number of guanidine groups is 1. The van der Waals surface area contributed by atoms with Gasteiger partial charge in [0.25, 0.3) is 5.91 Å². The van der Waals surface area contributed by atoms with Crippen molar-refractivity contribution in [2.75, 3.05) is 13.1 Å². The first-order valence-electron chi connectivity index (χ1n) is 13.0. The third-order valence-corrected chi connectivity index (χ3v) is 5.67. The molecule has 1 heterocycles. The van der Waals surface area contributed by atoms with E-state index in [1.807, 2.05) is 0 Å². The van der Waals surface area contributed by atoms with Gasteiger partial charge in [-0.15, -0.1) is 0 Å². The highest BCUT2D eigenvalue weighted by atomic mass is 19.4. The Morgan fingerprint density at radius 2 is 1.53 bits per heavy atom. The molecule has 3 atom stereocenters. The Morgan fingerprint density at radius 3 is 2.11 bits per heavy atom. The molecule has 5 amide bonds. The fourth-order valence-corrected chi connectivity index (χ4v) is 3.47. The third-order valence-electron chi connectivity index (χ3n) is 5.67. The van der Waals surface area contributed by atoms with Gasteiger partial charge in [0.05, 0.1) is 13.0 Å². The number of aliphatic carboxylic acids is 2. The molecular weight excluding hydrogens is 613 g/mol. The molecule has 0 radical (unpaired) electrons. The highest BCUT2D eigenvalue weighted by molar-refractivity contribution is 5.99. The molecule has 1 aliphatic rings. The van der Waals surface area contributed by atoms with E-state index in [0.29, 0.717) is 12.0 Å². The van der Waals surface area contributed by atoms with Crippen LogP contribution >= 0.6 is 0 Å². The predicted octanol–water partition coefficient (Wildman–Crippen LogP) is -2.32. The smallest absolute Gasteiger partial charge is 0.481 e. The normalized spacial score (nSPS) is 19.8. The minimum Gasteiger partial charge on any atom is -0.481 e. The maximum absolute atomic E-state index is 12.8. The number of carboxylic acid groups (broad SMARTS) is 2. The first-order valence-corrected chi connectivity index (χ1v) is 13.0. The summed E-state index contributed by atoms with van der Waals surface area (Å²) in [5.74, 6) is -7.72. The van der Waals surface area contributed by atoms with E-state index < -0.39 is 78.7 Å². The molecule has 0 aromatic heterocycles. The minimum absolute atomic E-state index is 0.0553. The van der Waals surface area contributed by atoms with E-state index in [-0.39, 0.29) is 31.0 Å². The molecule has 20 heteroatoms. The number of amides is 5. The number of carbonyl (C=O) groups excluding carboxylic acids is 5. The summed E-state index contributed by atoms with van der Waals surface area (Å²) >= 11 is 0. The number of nitrogens with two attached hydrogens (primary N) is 2. The van der Waals surface area contributed by atoms with Crippen molar-refractivity contribution in [2.45, 2.75) is 57.0 Å². The second kappa shape index (κ2) is 17.6. The van der Waals surface area contributed by atoms with Crippen LogP contribution in [0.1, 0.15) is 42.1 Å². The van der Waals surface area contributed by atoms with Crippen LogP contribution in [-0.2, 0) is 35.3 Å². The average Bonchev–Trinajstić information content (AvgIpc) is 2.94. The maximum Gasteiger partial charge on any atom is 0.490 e. The number of alkyl halides is 3. The number of nitrogens with one attached hydrogen (secondary N) is 5. The van der Waals surface area contributed by atoms with Gasteiger partial charge in [-0.2, -0.15) is 13.2 Å². The molecule has 2 rings (SSSR count). The number of carbonyl (C=O) groups is 7. The van der Waals surface area contributed by atoms with Gasteiger partial charge < -0.3 is 48.3 Å². The second-order valence-electron chi connectivity index (χ2n) is 9.36. The molecule has 0 saturated carbocycles. The number of nitrogens with zero attached hydrogens (tertiary/aromatic N) is 1. The van der Waals surface area contributed by atoms with Gasteiger partial charge in [-0.25, -0.2) is 4.79 Å². The van der Waals surface area contributed by atoms with Crippen molar-refractivity contribution >= 4 is 47.4 Å². The van der Waals surface area contributed by atoms with Crippen LogP contribution in [0.4, 0.5) is 13.2 Å². The third kappa shape index (κ3) is 14.5. The molecule has 11 N–H and O–H groups in total. The second-order valence-corrected chi connectivity index (χ2v) is 9.36. The van der Waals surface area contributed by atoms with Crippen LogP contribution in [0.2, 0.25) is 0 Å². The van der Waals surface area contributed by atoms with Crippen LogP contribution in [0, 0.1) is 0 Å². The summed E-state index contributed by atoms with van der Waals surface area (Å²) in [5.41, 5.74) is 11.3. The summed E-state index contributed by atoms with van der Waals surface area (Å²) < 4.78 is 31.7. The lowest BCUT2D eigenvalue weighted by Gasteiger charge is -2.22. The molecule has 0 fully saturated rings. The van der Waals surface area contributed by atoms with Gasteiger partial charge in [0, 0.05) is 18.7 Å². The molecule has 248 valence electrons. The number of halogens is 3. The molecule has 45 heavy (non-hydrogen) atoms. The molecule has 0 unspecified atom stereocenters. The number of benzene rings is 1. The van der Waals surface area contributed by atoms with Gasteiger partial charge >= 0.3 is 18.1 Å². The average molecular weight is 647 g/mol. The standard InChI is InChI=1S/C23H32N8O7.C2HF3O2/c1-12-19(35)31-15(6-3-7-26-23(24)25)21(37)28-11-17(32)30-16(9-18(33)34)22(38)27-10-13-4-2-5-14(8-13)20(36)29-12;3-2(4,5)1(6)7/h2,4-5,8,12,15-16H,3,6-7,9-11H2,1H3,(H,27,38)(H,28,37)(H,29,36)(H,30,32)(H,31,35)(H,33,34)(H4,24,25,26);(H,6,7)/t12-,15-,16-;/m0./s1. The first kappa shape index (κ1) is 37.6. The lowest BCUT2D eigenvalue weighted by molar-refractivity contribution is -0.192. The van der Waals surface area contributed by atoms with E-state index in [1.165, 1.54) is 19.1 Å². The Morgan fingerprint density at radius 1 is 0.933 bits per heavy atom. The van der Waals surface area contributed by atoms with Crippen LogP contribution < -0.4 is 38.1 Å². The zero-order chi connectivity index (χ0) is 34.3. The minimum atomic E-state index is -5.08. The van der Waals surface area contributed by atoms with Gasteiger partial charge in [0.15, 0.2) is 5.96 Å². The van der Waals surface area contributed by atoms with Gasteiger partial charge in [-0.05, 0) is 37.5 Å². The van der Waals surface area contributed by atoms with Gasteiger partial charge in [0.1, 0.15) is 18.1 Å². The lowest BCUT2D eigenvalue weighted by Crippen LogP contribution is -2.55. The SMILES string of the molecule is C[C@@H]1NC(=O)c2cccc(c2)CNC(=O)[C@H](CC(=O)O)NC(=O)CNC(=O)[C@H](CCCN=C(N)N)NC1=O.O=C(O)C(F)(F)F. The molecule has 17 nitrogen and oxygen atoms in total. The number of aliphatic imine (C=N–C) groups is 1. The zero-order valence-electron chi connectivity index (χ0n) is 23.8. The Bertz CT molecular complexity index is 1300. The topological polar surface area (TPSA) is 285 Å². The summed E-state index contributed by atoms with van der Waals surface area (Å²) in [6.45, 7) is 0.980. The number of hydrogen-bond donors (Lipinski definition) is 9. The van der Waals surface area contributed by atoms with Crippen LogP contribution in [0.3, 0.4) is 0 Å². The number of rotatable bonds is 6. The van der Waals surface area contributed by atoms with Crippen molar-refractivity contribution < 1.29 is 56.9 Å². The highest BCUT2D eigenvalue weighted by Gasteiger charge is 2.38. The van der Waals surface area contributed by atoms with E-state index in [0.717, 1.165) is 0 Å². The van der Waals surface area contributed by atoms with Crippen molar-refractivity contribution in [1.29, 1.82) is 0 Å². The van der Waals surface area contributed by atoms with Crippen molar-refractivity contribution in [2.24, 2.45) is 16.5 Å². The molecule has 1 aliphatic heterocycles. The van der Waals surface area contributed by atoms with Gasteiger partial charge in [-0.1, -0.05) is 12.1 Å². The van der Waals surface area contributed by atoms with Crippen LogP contribution in [0.25, 0.3) is 0 Å². The van der Waals surface area contributed by atoms with Gasteiger partial charge in [-0.3, -0.25) is 33.8 Å². The van der Waals surface area contributed by atoms with Crippen molar-refractivity contribution in [1.82, 2.24) is 26.6 Å². The van der Waals surface area contributed by atoms with Crippen LogP contribution in [0.15, 0.2) is 29.3 Å². The van der Waals surface area contributed by atoms with E-state index >= 15 is 0 Å². The highest BCUT2D eigenvalue weighted by Crippen LogP contribution is 2.13. The zero-order valence-corrected chi connectivity index (χ0v) is 23.8. The van der Waals surface area contributed by atoms with Gasteiger partial charge in [0.2, 0.25) is 23.6 Å². The molecule has 0 spiro atoms. The van der Waals surface area contributed by atoms with Crippen molar-refractivity contribution in [3.05, 3.63) is 35.4 Å².